The molecular weight excluding hydrogens is 262 g/mol. The van der Waals surface area contributed by atoms with Crippen LogP contribution in [0.15, 0.2) is 24.3 Å². The van der Waals surface area contributed by atoms with Crippen molar-refractivity contribution >= 4 is 17.5 Å². The molecule has 0 aromatic heterocycles. The van der Waals surface area contributed by atoms with Crippen molar-refractivity contribution in [2.24, 2.45) is 5.92 Å². The second-order valence-corrected chi connectivity index (χ2v) is 5.61. The molecule has 2 rings (SSSR count). The Morgan fingerprint density at radius 1 is 1.32 bits per heavy atom. The van der Waals surface area contributed by atoms with Crippen molar-refractivity contribution in [2.75, 3.05) is 6.61 Å². The fraction of sp³-hybridized carbons (Fsp3) is 0.533. The third kappa shape index (κ3) is 4.43. The predicted molar refractivity (Wildman–Crippen MR) is 76.5 cm³/mol. The Bertz CT molecular complexity index is 419. The molecule has 1 fully saturated rings. The Hall–Kier alpha value is -1.22. The number of benzene rings is 1. The summed E-state index contributed by atoms with van der Waals surface area (Å²) >= 11 is 5.78. The van der Waals surface area contributed by atoms with Crippen LogP contribution in [0.4, 0.5) is 0 Å². The topological polar surface area (TPSA) is 38.3 Å². The molecule has 0 radical (unpaired) electrons. The maximum absolute atomic E-state index is 11.8. The molecule has 1 aliphatic rings. The zero-order valence-electron chi connectivity index (χ0n) is 11.2. The van der Waals surface area contributed by atoms with Gasteiger partial charge in [-0.2, -0.15) is 0 Å². The van der Waals surface area contributed by atoms with Crippen molar-refractivity contribution in [3.63, 3.8) is 0 Å². The minimum atomic E-state index is -0.0475. The lowest BCUT2D eigenvalue weighted by atomic mass is 9.86. The van der Waals surface area contributed by atoms with Crippen LogP contribution in [0, 0.1) is 5.92 Å². The minimum Gasteiger partial charge on any atom is -0.484 e. The predicted octanol–water partition coefficient (Wildman–Crippen LogP) is 3.41. The summed E-state index contributed by atoms with van der Waals surface area (Å²) in [6, 6.07) is 7.32. The molecule has 1 aromatic carbocycles. The Morgan fingerprint density at radius 3 is 2.68 bits per heavy atom. The van der Waals surface area contributed by atoms with Crippen LogP contribution in [-0.4, -0.2) is 18.6 Å². The maximum Gasteiger partial charge on any atom is 0.258 e. The Morgan fingerprint density at radius 2 is 2.00 bits per heavy atom. The van der Waals surface area contributed by atoms with Crippen molar-refractivity contribution < 1.29 is 9.53 Å². The van der Waals surface area contributed by atoms with Crippen LogP contribution in [0.2, 0.25) is 5.02 Å². The van der Waals surface area contributed by atoms with E-state index in [0.29, 0.717) is 22.7 Å². The summed E-state index contributed by atoms with van der Waals surface area (Å²) in [7, 11) is 0. The summed E-state index contributed by atoms with van der Waals surface area (Å²) < 4.78 is 5.43. The van der Waals surface area contributed by atoms with Crippen LogP contribution < -0.4 is 10.1 Å². The molecule has 1 amide bonds. The minimum absolute atomic E-state index is 0.0475. The van der Waals surface area contributed by atoms with Crippen LogP contribution in [-0.2, 0) is 4.79 Å². The lowest BCUT2D eigenvalue weighted by Gasteiger charge is -2.29. The van der Waals surface area contributed by atoms with Crippen LogP contribution in [0.1, 0.15) is 32.6 Å². The summed E-state index contributed by atoms with van der Waals surface area (Å²) in [5.41, 5.74) is 0. The number of nitrogens with one attached hydrogen (secondary N) is 1. The first-order valence-corrected chi connectivity index (χ1v) is 7.20. The van der Waals surface area contributed by atoms with Crippen molar-refractivity contribution in [1.29, 1.82) is 0 Å². The maximum atomic E-state index is 11.8. The van der Waals surface area contributed by atoms with E-state index in [1.165, 1.54) is 19.3 Å². The molecule has 1 saturated carbocycles. The van der Waals surface area contributed by atoms with E-state index in [0.717, 1.165) is 6.42 Å². The van der Waals surface area contributed by atoms with Gasteiger partial charge in [0.1, 0.15) is 5.75 Å². The number of ether oxygens (including phenoxy) is 1. The highest BCUT2D eigenvalue weighted by Gasteiger charge is 2.22. The molecule has 2 atom stereocenters. The molecule has 1 N–H and O–H groups in total. The second-order valence-electron chi connectivity index (χ2n) is 5.18. The molecule has 0 saturated heterocycles. The van der Waals surface area contributed by atoms with E-state index in [4.69, 9.17) is 16.3 Å². The molecule has 1 aromatic rings. The van der Waals surface area contributed by atoms with Gasteiger partial charge >= 0.3 is 0 Å². The lowest BCUT2D eigenvalue weighted by Crippen LogP contribution is -2.43. The first-order valence-electron chi connectivity index (χ1n) is 6.83. The smallest absolute Gasteiger partial charge is 0.258 e. The molecule has 4 heteroatoms. The Labute approximate surface area is 119 Å². The van der Waals surface area contributed by atoms with Crippen molar-refractivity contribution in [1.82, 2.24) is 5.32 Å². The van der Waals surface area contributed by atoms with Gasteiger partial charge in [0.25, 0.3) is 5.91 Å². The molecule has 0 spiro atoms. The molecule has 1 aliphatic carbocycles. The summed E-state index contributed by atoms with van der Waals surface area (Å²) in [6.45, 7) is 2.26. The zero-order chi connectivity index (χ0) is 13.7. The van der Waals surface area contributed by atoms with E-state index >= 15 is 0 Å². The normalized spacial score (nSPS) is 22.8. The molecule has 0 unspecified atom stereocenters. The highest BCUT2D eigenvalue weighted by molar-refractivity contribution is 6.30. The van der Waals surface area contributed by atoms with Crippen LogP contribution in [0.25, 0.3) is 0 Å². The molecule has 0 aliphatic heterocycles. The van der Waals surface area contributed by atoms with Gasteiger partial charge in [0.2, 0.25) is 0 Å². The van der Waals surface area contributed by atoms with E-state index in [2.05, 4.69) is 12.2 Å². The van der Waals surface area contributed by atoms with Crippen molar-refractivity contribution in [2.45, 2.75) is 38.6 Å². The summed E-state index contributed by atoms with van der Waals surface area (Å²) in [4.78, 5) is 11.8. The zero-order valence-corrected chi connectivity index (χ0v) is 12.0. The fourth-order valence-corrected chi connectivity index (χ4v) is 2.58. The third-order valence-corrected chi connectivity index (χ3v) is 3.89. The largest absolute Gasteiger partial charge is 0.484 e. The van der Waals surface area contributed by atoms with Gasteiger partial charge in [-0.15, -0.1) is 0 Å². The highest BCUT2D eigenvalue weighted by atomic mass is 35.5. The number of hydrogen-bond acceptors (Lipinski definition) is 2. The van der Waals surface area contributed by atoms with E-state index in [1.807, 2.05) is 0 Å². The fourth-order valence-electron chi connectivity index (χ4n) is 2.46. The van der Waals surface area contributed by atoms with E-state index in [9.17, 15) is 4.79 Å². The Balaban J connectivity index is 1.76. The molecule has 3 nitrogen and oxygen atoms in total. The van der Waals surface area contributed by atoms with Gasteiger partial charge < -0.3 is 10.1 Å². The van der Waals surface area contributed by atoms with Crippen LogP contribution in [0.3, 0.4) is 0 Å². The summed E-state index contributed by atoms with van der Waals surface area (Å²) in [6.07, 6.45) is 4.75. The van der Waals surface area contributed by atoms with Crippen LogP contribution in [0.5, 0.6) is 5.75 Å². The van der Waals surface area contributed by atoms with Gasteiger partial charge in [-0.1, -0.05) is 31.4 Å². The van der Waals surface area contributed by atoms with Gasteiger partial charge in [0, 0.05) is 11.1 Å². The molecule has 0 bridgehead atoms. The number of rotatable bonds is 4. The van der Waals surface area contributed by atoms with Gasteiger partial charge in [-0.3, -0.25) is 4.79 Å². The molecular formula is C15H20ClNO2. The standard InChI is InChI=1S/C15H20ClNO2/c1-11-4-2-3-5-14(11)17-15(18)10-19-13-8-6-12(16)7-9-13/h6-9,11,14H,2-5,10H2,1H3,(H,17,18)/t11-,14+/m0/s1. The number of carbonyl (C=O) groups excluding carboxylic acids is 1. The number of amides is 1. The SMILES string of the molecule is C[C@H]1CCCC[C@H]1NC(=O)COc1ccc(Cl)cc1. The van der Waals surface area contributed by atoms with Crippen molar-refractivity contribution in [3.05, 3.63) is 29.3 Å². The Kier molecular flexibility index (Phi) is 5.08. The lowest BCUT2D eigenvalue weighted by molar-refractivity contribution is -0.124. The van der Waals surface area contributed by atoms with E-state index in [-0.39, 0.29) is 12.5 Å². The van der Waals surface area contributed by atoms with Gasteiger partial charge in [-0.05, 0) is 43.0 Å². The first-order chi connectivity index (χ1) is 9.15. The van der Waals surface area contributed by atoms with E-state index in [1.54, 1.807) is 24.3 Å². The van der Waals surface area contributed by atoms with Crippen LogP contribution >= 0.6 is 11.6 Å². The highest BCUT2D eigenvalue weighted by Crippen LogP contribution is 2.23. The average Bonchev–Trinajstić information content (AvgIpc) is 2.41. The quantitative estimate of drug-likeness (QED) is 0.918. The van der Waals surface area contributed by atoms with Gasteiger partial charge in [0.05, 0.1) is 0 Å². The molecule has 19 heavy (non-hydrogen) atoms. The van der Waals surface area contributed by atoms with Gasteiger partial charge in [0.15, 0.2) is 6.61 Å². The monoisotopic (exact) mass is 281 g/mol. The number of hydrogen-bond donors (Lipinski definition) is 1. The summed E-state index contributed by atoms with van der Waals surface area (Å²) in [5, 5.41) is 3.72. The van der Waals surface area contributed by atoms with Crippen molar-refractivity contribution in [3.8, 4) is 5.75 Å². The second kappa shape index (κ2) is 6.80. The molecule has 104 valence electrons. The third-order valence-electron chi connectivity index (χ3n) is 3.64. The first kappa shape index (κ1) is 14.2. The summed E-state index contributed by atoms with van der Waals surface area (Å²) in [5.74, 6) is 1.18. The van der Waals surface area contributed by atoms with Gasteiger partial charge in [-0.25, -0.2) is 0 Å². The average molecular weight is 282 g/mol. The van der Waals surface area contributed by atoms with E-state index < -0.39 is 0 Å². The molecule has 0 heterocycles. The number of halogens is 1. The number of carbonyl (C=O) groups is 1.